The lowest BCUT2D eigenvalue weighted by atomic mass is 9.72. The van der Waals surface area contributed by atoms with Gasteiger partial charge in [0, 0.05) is 18.5 Å². The fourth-order valence-corrected chi connectivity index (χ4v) is 4.63. The zero-order chi connectivity index (χ0) is 16.7. The molecule has 2 N–H and O–H groups in total. The van der Waals surface area contributed by atoms with E-state index in [-0.39, 0.29) is 17.5 Å². The van der Waals surface area contributed by atoms with Gasteiger partial charge in [-0.2, -0.15) is 0 Å². The molecular weight excluding hydrogens is 302 g/mol. The maximum atomic E-state index is 12.4. The summed E-state index contributed by atoms with van der Waals surface area (Å²) in [6.45, 7) is 2.86. The monoisotopic (exact) mass is 327 g/mol. The number of H-pyrrole nitrogens is 1. The Labute approximate surface area is 141 Å². The Morgan fingerprint density at radius 2 is 2.08 bits per heavy atom. The molecule has 4 rings (SSSR count). The van der Waals surface area contributed by atoms with Crippen molar-refractivity contribution in [3.63, 3.8) is 0 Å². The third-order valence-electron chi connectivity index (χ3n) is 5.88. The van der Waals surface area contributed by atoms with Crippen molar-refractivity contribution >= 4 is 16.9 Å². The molecule has 1 aromatic heterocycles. The van der Waals surface area contributed by atoms with E-state index in [1.165, 1.54) is 6.42 Å². The van der Waals surface area contributed by atoms with E-state index in [1.54, 1.807) is 6.07 Å². The molecule has 5 heteroatoms. The molecule has 2 aliphatic rings. The lowest BCUT2D eigenvalue weighted by Gasteiger charge is -2.43. The zero-order valence-electron chi connectivity index (χ0n) is 14.2. The second kappa shape index (κ2) is 5.88. The van der Waals surface area contributed by atoms with Gasteiger partial charge in [-0.05, 0) is 44.7 Å². The van der Waals surface area contributed by atoms with Crippen LogP contribution in [0, 0.1) is 5.92 Å². The summed E-state index contributed by atoms with van der Waals surface area (Å²) in [5, 5.41) is 11.5. The van der Waals surface area contributed by atoms with Crippen LogP contribution in [0.4, 0.5) is 5.95 Å². The number of aromatic nitrogens is 2. The number of nitrogens with one attached hydrogen (secondary N) is 1. The van der Waals surface area contributed by atoms with Crippen LogP contribution in [0.3, 0.4) is 0 Å². The Morgan fingerprint density at radius 1 is 1.25 bits per heavy atom. The molecular formula is C19H25N3O2. The van der Waals surface area contributed by atoms with Crippen LogP contribution in [0.25, 0.3) is 10.9 Å². The average Bonchev–Trinajstić information content (AvgIpc) is 3.03. The molecule has 1 aromatic carbocycles. The molecule has 24 heavy (non-hydrogen) atoms. The number of benzene rings is 1. The maximum Gasteiger partial charge on any atom is 0.260 e. The molecule has 3 atom stereocenters. The summed E-state index contributed by atoms with van der Waals surface area (Å²) in [4.78, 5) is 22.3. The summed E-state index contributed by atoms with van der Waals surface area (Å²) >= 11 is 0. The highest BCUT2D eigenvalue weighted by atomic mass is 16.3. The van der Waals surface area contributed by atoms with E-state index in [2.05, 4.69) is 9.88 Å². The lowest BCUT2D eigenvalue weighted by Crippen LogP contribution is -2.49. The van der Waals surface area contributed by atoms with Crippen LogP contribution in [-0.4, -0.2) is 33.3 Å². The van der Waals surface area contributed by atoms with Crippen LogP contribution in [-0.2, 0) is 0 Å². The Morgan fingerprint density at radius 3 is 2.92 bits per heavy atom. The number of rotatable bonds is 2. The number of anilines is 1. The minimum absolute atomic E-state index is 0.0864. The van der Waals surface area contributed by atoms with Crippen molar-refractivity contribution in [3.05, 3.63) is 34.6 Å². The number of fused-ring (bicyclic) bond motifs is 1. The van der Waals surface area contributed by atoms with Crippen LogP contribution in [0.1, 0.15) is 45.4 Å². The maximum absolute atomic E-state index is 12.4. The summed E-state index contributed by atoms with van der Waals surface area (Å²) in [6.07, 6.45) is 6.31. The predicted octanol–water partition coefficient (Wildman–Crippen LogP) is 2.83. The van der Waals surface area contributed by atoms with Crippen LogP contribution in [0.15, 0.2) is 29.1 Å². The van der Waals surface area contributed by atoms with Crippen LogP contribution >= 0.6 is 0 Å². The first kappa shape index (κ1) is 15.6. The molecule has 5 nitrogen and oxygen atoms in total. The lowest BCUT2D eigenvalue weighted by molar-refractivity contribution is -0.0411. The molecule has 0 unspecified atom stereocenters. The molecule has 1 aliphatic carbocycles. The van der Waals surface area contributed by atoms with Gasteiger partial charge in [0.25, 0.3) is 5.56 Å². The molecule has 1 aliphatic heterocycles. The smallest absolute Gasteiger partial charge is 0.260 e. The van der Waals surface area contributed by atoms with Gasteiger partial charge in [-0.25, -0.2) is 4.98 Å². The Kier molecular flexibility index (Phi) is 3.83. The second-order valence-electron chi connectivity index (χ2n) is 7.52. The van der Waals surface area contributed by atoms with Crippen LogP contribution in [0.5, 0.6) is 0 Å². The molecule has 0 radical (unpaired) electrons. The topological polar surface area (TPSA) is 69.2 Å². The number of nitrogens with zero attached hydrogens (tertiary/aromatic N) is 2. The average molecular weight is 327 g/mol. The van der Waals surface area contributed by atoms with E-state index < -0.39 is 5.60 Å². The number of para-hydroxylation sites is 1. The largest absolute Gasteiger partial charge is 0.390 e. The quantitative estimate of drug-likeness (QED) is 0.890. The minimum atomic E-state index is -0.622. The third-order valence-corrected chi connectivity index (χ3v) is 5.88. The highest BCUT2D eigenvalue weighted by molar-refractivity contribution is 5.78. The SMILES string of the molecule is C[C@]1(O)CCCC[C@H]1[C@@H]1CCCN1c1nc2ccccc2c(=O)[nH]1. The Bertz CT molecular complexity index is 799. The molecule has 128 valence electrons. The first-order valence-electron chi connectivity index (χ1n) is 9.04. The first-order chi connectivity index (χ1) is 11.6. The summed E-state index contributed by atoms with van der Waals surface area (Å²) in [6, 6.07) is 7.71. The van der Waals surface area contributed by atoms with Crippen molar-refractivity contribution < 1.29 is 5.11 Å². The van der Waals surface area contributed by atoms with E-state index in [9.17, 15) is 9.90 Å². The van der Waals surface area contributed by atoms with Crippen molar-refractivity contribution in [1.82, 2.24) is 9.97 Å². The standard InChI is InChI=1S/C19H25N3O2/c1-19(24)11-5-4-8-14(19)16-10-6-12-22(16)18-20-15-9-3-2-7-13(15)17(23)21-18/h2-3,7,9,14,16,24H,4-6,8,10-12H2,1H3,(H,20,21,23)/t14-,16-,19-/m0/s1. The highest BCUT2D eigenvalue weighted by Crippen LogP contribution is 2.41. The molecule has 2 heterocycles. The van der Waals surface area contributed by atoms with Crippen LogP contribution in [0.2, 0.25) is 0 Å². The highest BCUT2D eigenvalue weighted by Gasteiger charge is 2.43. The van der Waals surface area contributed by atoms with Gasteiger partial charge < -0.3 is 10.0 Å². The van der Waals surface area contributed by atoms with Gasteiger partial charge in [0.1, 0.15) is 0 Å². The fourth-order valence-electron chi connectivity index (χ4n) is 4.63. The summed E-state index contributed by atoms with van der Waals surface area (Å²) in [5.41, 5.74) is 0.0248. The van der Waals surface area contributed by atoms with Gasteiger partial charge in [-0.1, -0.05) is 25.0 Å². The molecule has 0 amide bonds. The zero-order valence-corrected chi connectivity index (χ0v) is 14.2. The van der Waals surface area contributed by atoms with Crippen molar-refractivity contribution in [2.45, 2.75) is 57.1 Å². The molecule has 1 saturated carbocycles. The number of aromatic amines is 1. The van der Waals surface area contributed by atoms with Gasteiger partial charge in [-0.15, -0.1) is 0 Å². The molecule has 1 saturated heterocycles. The van der Waals surface area contributed by atoms with Gasteiger partial charge >= 0.3 is 0 Å². The number of aliphatic hydroxyl groups is 1. The fraction of sp³-hybridized carbons (Fsp3) is 0.579. The van der Waals surface area contributed by atoms with E-state index in [4.69, 9.17) is 4.98 Å². The second-order valence-corrected chi connectivity index (χ2v) is 7.52. The molecule has 0 bridgehead atoms. The summed E-state index contributed by atoms with van der Waals surface area (Å²) < 4.78 is 0. The summed E-state index contributed by atoms with van der Waals surface area (Å²) in [7, 11) is 0. The van der Waals surface area contributed by atoms with E-state index in [1.807, 2.05) is 25.1 Å². The molecule has 0 spiro atoms. The Hall–Kier alpha value is -1.88. The van der Waals surface area contributed by atoms with E-state index in [0.29, 0.717) is 11.3 Å². The van der Waals surface area contributed by atoms with Crippen LogP contribution < -0.4 is 10.5 Å². The normalized spacial score (nSPS) is 30.8. The van der Waals surface area contributed by atoms with Crippen molar-refractivity contribution in [2.75, 3.05) is 11.4 Å². The summed E-state index contributed by atoms with van der Waals surface area (Å²) in [5.74, 6) is 0.896. The predicted molar refractivity (Wildman–Crippen MR) is 95.3 cm³/mol. The van der Waals surface area contributed by atoms with Gasteiger partial charge in [0.15, 0.2) is 0 Å². The number of hydrogen-bond acceptors (Lipinski definition) is 4. The molecule has 2 fully saturated rings. The molecule has 2 aromatic rings. The third kappa shape index (κ3) is 2.61. The van der Waals surface area contributed by atoms with E-state index in [0.717, 1.165) is 44.2 Å². The van der Waals surface area contributed by atoms with Gasteiger partial charge in [0.2, 0.25) is 5.95 Å². The Balaban J connectivity index is 1.71. The van der Waals surface area contributed by atoms with Crippen molar-refractivity contribution in [1.29, 1.82) is 0 Å². The minimum Gasteiger partial charge on any atom is -0.390 e. The first-order valence-corrected chi connectivity index (χ1v) is 9.04. The van der Waals surface area contributed by atoms with Crippen molar-refractivity contribution in [2.24, 2.45) is 5.92 Å². The van der Waals surface area contributed by atoms with Gasteiger partial charge in [-0.3, -0.25) is 9.78 Å². The van der Waals surface area contributed by atoms with Crippen molar-refractivity contribution in [3.8, 4) is 0 Å². The number of hydrogen-bond donors (Lipinski definition) is 2. The van der Waals surface area contributed by atoms with Gasteiger partial charge in [0.05, 0.1) is 16.5 Å². The van der Waals surface area contributed by atoms with E-state index >= 15 is 0 Å².